The Bertz CT molecular complexity index is 1120. The van der Waals surface area contributed by atoms with Crippen molar-refractivity contribution in [3.8, 4) is 11.3 Å². The Morgan fingerprint density at radius 2 is 1.96 bits per heavy atom. The molecule has 7 nitrogen and oxygen atoms in total. The third kappa shape index (κ3) is 2.67. The third-order valence-corrected chi connectivity index (χ3v) is 4.27. The molecule has 4 rings (SSSR count). The van der Waals surface area contributed by atoms with E-state index < -0.39 is 0 Å². The van der Waals surface area contributed by atoms with Crippen molar-refractivity contribution >= 4 is 28.3 Å². The van der Waals surface area contributed by atoms with E-state index in [0.29, 0.717) is 40.4 Å². The smallest absolute Gasteiger partial charge is 0.262 e. The molecule has 0 saturated heterocycles. The van der Waals surface area contributed by atoms with E-state index in [-0.39, 0.29) is 12.2 Å². The second-order valence-corrected chi connectivity index (χ2v) is 6.03. The molecule has 0 aliphatic carbocycles. The van der Waals surface area contributed by atoms with E-state index >= 15 is 0 Å². The van der Waals surface area contributed by atoms with Gasteiger partial charge in [0.05, 0.1) is 16.6 Å². The van der Waals surface area contributed by atoms with Gasteiger partial charge in [-0.2, -0.15) is 14.6 Å². The Kier molecular flexibility index (Phi) is 3.95. The molecule has 0 aliphatic rings. The van der Waals surface area contributed by atoms with E-state index in [4.69, 9.17) is 16.7 Å². The third-order valence-electron chi connectivity index (χ3n) is 4.02. The summed E-state index contributed by atoms with van der Waals surface area (Å²) in [4.78, 5) is 21.6. The first-order valence-electron chi connectivity index (χ1n) is 7.79. The molecule has 0 unspecified atom stereocenters. The van der Waals surface area contributed by atoms with Gasteiger partial charge in [0.15, 0.2) is 0 Å². The highest BCUT2D eigenvalue weighted by Gasteiger charge is 2.17. The highest BCUT2D eigenvalue weighted by molar-refractivity contribution is 6.30. The number of nitrogens with zero attached hydrogens (tertiary/aromatic N) is 5. The standard InChI is InChI=1S/C17H14ClN5O2/c18-12-4-2-11(3-5-12)15-14-13(21-17-19-10-20-23(15)17)6-8-22(16(14)25)7-1-9-24/h2-6,8,10,24H,1,7,9H2. The maximum Gasteiger partial charge on any atom is 0.262 e. The second kappa shape index (κ2) is 6.27. The maximum atomic E-state index is 13.0. The van der Waals surface area contributed by atoms with Crippen molar-refractivity contribution in [2.45, 2.75) is 13.0 Å². The zero-order valence-electron chi connectivity index (χ0n) is 13.1. The van der Waals surface area contributed by atoms with Crippen LogP contribution in [0.4, 0.5) is 0 Å². The van der Waals surface area contributed by atoms with Gasteiger partial charge in [-0.15, -0.1) is 0 Å². The Hall–Kier alpha value is -2.77. The largest absolute Gasteiger partial charge is 0.396 e. The number of aryl methyl sites for hydroxylation is 1. The summed E-state index contributed by atoms with van der Waals surface area (Å²) < 4.78 is 3.13. The highest BCUT2D eigenvalue weighted by atomic mass is 35.5. The lowest BCUT2D eigenvalue weighted by Gasteiger charge is -2.11. The van der Waals surface area contributed by atoms with Gasteiger partial charge in [-0.1, -0.05) is 23.7 Å². The van der Waals surface area contributed by atoms with Crippen LogP contribution in [-0.4, -0.2) is 35.9 Å². The van der Waals surface area contributed by atoms with Gasteiger partial charge in [0.1, 0.15) is 6.33 Å². The van der Waals surface area contributed by atoms with E-state index in [9.17, 15) is 4.79 Å². The van der Waals surface area contributed by atoms with Crippen molar-refractivity contribution in [3.05, 3.63) is 58.2 Å². The number of aliphatic hydroxyl groups excluding tert-OH is 1. The Morgan fingerprint density at radius 1 is 1.16 bits per heavy atom. The Labute approximate surface area is 147 Å². The predicted octanol–water partition coefficient (Wildman–Crippen LogP) is 2.14. The molecule has 3 heterocycles. The van der Waals surface area contributed by atoms with Crippen molar-refractivity contribution in [3.63, 3.8) is 0 Å². The van der Waals surface area contributed by atoms with Gasteiger partial charge in [-0.25, -0.2) is 4.98 Å². The molecule has 0 atom stereocenters. The normalized spacial score (nSPS) is 11.4. The summed E-state index contributed by atoms with van der Waals surface area (Å²) in [5.74, 6) is 0.421. The summed E-state index contributed by atoms with van der Waals surface area (Å²) in [5.41, 5.74) is 1.79. The van der Waals surface area contributed by atoms with Gasteiger partial charge in [0.2, 0.25) is 0 Å². The first kappa shape index (κ1) is 15.7. The van der Waals surface area contributed by atoms with Crippen molar-refractivity contribution in [2.75, 3.05) is 6.61 Å². The number of aliphatic hydroxyl groups is 1. The van der Waals surface area contributed by atoms with Crippen LogP contribution in [0.25, 0.3) is 27.9 Å². The molecule has 1 aromatic carbocycles. The summed E-state index contributed by atoms with van der Waals surface area (Å²) in [7, 11) is 0. The minimum Gasteiger partial charge on any atom is -0.396 e. The van der Waals surface area contributed by atoms with Crippen LogP contribution in [0, 0.1) is 0 Å². The van der Waals surface area contributed by atoms with Gasteiger partial charge < -0.3 is 9.67 Å². The number of hydrogen-bond donors (Lipinski definition) is 1. The van der Waals surface area contributed by atoms with Crippen LogP contribution in [-0.2, 0) is 6.54 Å². The quantitative estimate of drug-likeness (QED) is 0.606. The molecule has 0 saturated carbocycles. The molecule has 0 amide bonds. The van der Waals surface area contributed by atoms with E-state index in [1.165, 1.54) is 6.33 Å². The summed E-state index contributed by atoms with van der Waals surface area (Å²) in [5, 5.41) is 14.3. The van der Waals surface area contributed by atoms with Crippen LogP contribution in [0.2, 0.25) is 5.02 Å². The summed E-state index contributed by atoms with van der Waals surface area (Å²) in [6, 6.07) is 8.98. The topological polar surface area (TPSA) is 85.3 Å². The Balaban J connectivity index is 2.09. The minimum absolute atomic E-state index is 0.0227. The van der Waals surface area contributed by atoms with E-state index in [0.717, 1.165) is 5.56 Å². The van der Waals surface area contributed by atoms with Gasteiger partial charge in [-0.3, -0.25) is 4.79 Å². The van der Waals surface area contributed by atoms with Crippen LogP contribution in [0.3, 0.4) is 0 Å². The molecule has 8 heteroatoms. The average Bonchev–Trinajstić information content (AvgIpc) is 3.08. The number of benzene rings is 1. The number of rotatable bonds is 4. The molecule has 0 spiro atoms. The lowest BCUT2D eigenvalue weighted by atomic mass is 10.1. The second-order valence-electron chi connectivity index (χ2n) is 5.59. The highest BCUT2D eigenvalue weighted by Crippen LogP contribution is 2.27. The Morgan fingerprint density at radius 3 is 2.72 bits per heavy atom. The molecule has 3 aromatic heterocycles. The van der Waals surface area contributed by atoms with Crippen LogP contribution in [0.15, 0.2) is 47.7 Å². The SMILES string of the molecule is O=c1c2c(-c3ccc(Cl)cc3)n3ncnc3nc2ccn1CCCO. The fourth-order valence-electron chi connectivity index (χ4n) is 2.86. The molecule has 25 heavy (non-hydrogen) atoms. The summed E-state index contributed by atoms with van der Waals surface area (Å²) >= 11 is 5.99. The fraction of sp³-hybridized carbons (Fsp3) is 0.176. The van der Waals surface area contributed by atoms with E-state index in [1.54, 1.807) is 33.5 Å². The predicted molar refractivity (Wildman–Crippen MR) is 94.7 cm³/mol. The maximum absolute atomic E-state index is 13.0. The lowest BCUT2D eigenvalue weighted by molar-refractivity contribution is 0.279. The van der Waals surface area contributed by atoms with Gasteiger partial charge >= 0.3 is 0 Å². The molecule has 1 N–H and O–H groups in total. The molecular formula is C17H14ClN5O2. The van der Waals surface area contributed by atoms with Crippen molar-refractivity contribution < 1.29 is 5.11 Å². The zero-order valence-corrected chi connectivity index (χ0v) is 13.9. The molecule has 4 aromatic rings. The first-order valence-corrected chi connectivity index (χ1v) is 8.16. The number of hydrogen-bond acceptors (Lipinski definition) is 5. The fourth-order valence-corrected chi connectivity index (χ4v) is 2.98. The van der Waals surface area contributed by atoms with E-state index in [1.807, 2.05) is 12.1 Å². The van der Waals surface area contributed by atoms with Crippen LogP contribution < -0.4 is 5.56 Å². The molecular weight excluding hydrogens is 342 g/mol. The monoisotopic (exact) mass is 355 g/mol. The summed E-state index contributed by atoms with van der Waals surface area (Å²) in [6.07, 6.45) is 3.59. The van der Waals surface area contributed by atoms with Gasteiger partial charge in [-0.05, 0) is 24.6 Å². The van der Waals surface area contributed by atoms with Crippen LogP contribution >= 0.6 is 11.6 Å². The number of halogens is 1. The van der Waals surface area contributed by atoms with Crippen molar-refractivity contribution in [1.82, 2.24) is 24.1 Å². The van der Waals surface area contributed by atoms with Crippen LogP contribution in [0.5, 0.6) is 0 Å². The van der Waals surface area contributed by atoms with E-state index in [2.05, 4.69) is 15.1 Å². The minimum atomic E-state index is -0.180. The number of fused-ring (bicyclic) bond motifs is 2. The van der Waals surface area contributed by atoms with Crippen molar-refractivity contribution in [1.29, 1.82) is 0 Å². The lowest BCUT2D eigenvalue weighted by Crippen LogP contribution is -2.22. The van der Waals surface area contributed by atoms with Gasteiger partial charge in [0, 0.05) is 29.9 Å². The molecule has 0 bridgehead atoms. The van der Waals surface area contributed by atoms with Gasteiger partial charge in [0.25, 0.3) is 11.3 Å². The number of pyridine rings is 1. The first-order chi connectivity index (χ1) is 12.2. The zero-order chi connectivity index (χ0) is 17.4. The number of aromatic nitrogens is 5. The van der Waals surface area contributed by atoms with Crippen molar-refractivity contribution in [2.24, 2.45) is 0 Å². The molecule has 126 valence electrons. The average molecular weight is 356 g/mol. The molecule has 0 aliphatic heterocycles. The van der Waals surface area contributed by atoms with Crippen LogP contribution in [0.1, 0.15) is 6.42 Å². The molecule has 0 fully saturated rings. The summed E-state index contributed by atoms with van der Waals surface area (Å²) in [6.45, 7) is 0.454. The molecule has 0 radical (unpaired) electrons.